The topological polar surface area (TPSA) is 113 Å². The molecule has 3 fully saturated rings. The minimum Gasteiger partial charge on any atom is -0.619 e. The molecule has 0 amide bonds. The molecule has 0 saturated carbocycles. The van der Waals surface area contributed by atoms with Gasteiger partial charge in [-0.2, -0.15) is 4.73 Å². The second-order valence-corrected chi connectivity index (χ2v) is 13.4. The van der Waals surface area contributed by atoms with Crippen LogP contribution in [0.25, 0.3) is 0 Å². The molecule has 50 heavy (non-hydrogen) atoms. The Labute approximate surface area is 301 Å². The largest absolute Gasteiger partial charge is 0.619 e. The van der Waals surface area contributed by atoms with Crippen LogP contribution in [0, 0.1) is 11.1 Å². The van der Waals surface area contributed by atoms with E-state index in [0.29, 0.717) is 44.5 Å². The van der Waals surface area contributed by atoms with Crippen molar-refractivity contribution < 1.29 is 33.3 Å². The molecule has 0 aliphatic carbocycles. The molecule has 3 atom stereocenters. The molecule has 7 rings (SSSR count). The smallest absolute Gasteiger partial charge is 0.333 e. The zero-order chi connectivity index (χ0) is 35.2. The van der Waals surface area contributed by atoms with Crippen LogP contribution >= 0.6 is 23.2 Å². The Kier molecular flexibility index (Phi) is 11.3. The molecule has 3 aliphatic rings. The number of methoxy groups -OCH3 is 2. The summed E-state index contributed by atoms with van der Waals surface area (Å²) in [4.78, 5) is 29.6. The average Bonchev–Trinajstić information content (AvgIpc) is 3.12. The van der Waals surface area contributed by atoms with Crippen molar-refractivity contribution in [3.05, 3.63) is 123 Å². The first-order chi connectivity index (χ1) is 24.2. The molecule has 4 aromatic rings. The van der Waals surface area contributed by atoms with Crippen molar-refractivity contribution in [2.75, 3.05) is 39.2 Å². The number of hydrogen-bond donors (Lipinski definition) is 1. The van der Waals surface area contributed by atoms with E-state index in [1.807, 2.05) is 54.6 Å². The van der Waals surface area contributed by atoms with Crippen molar-refractivity contribution in [3.63, 3.8) is 0 Å². The lowest BCUT2D eigenvalue weighted by Gasteiger charge is -2.44. The quantitative estimate of drug-likeness (QED) is 0.0940. The van der Waals surface area contributed by atoms with Gasteiger partial charge in [0, 0.05) is 24.2 Å². The second-order valence-electron chi connectivity index (χ2n) is 12.6. The fourth-order valence-corrected chi connectivity index (χ4v) is 7.28. The summed E-state index contributed by atoms with van der Waals surface area (Å²) in [5, 5.41) is 15.5. The Balaban J connectivity index is 1.19. The number of nitrogens with one attached hydrogen (secondary N) is 1. The number of anilines is 1. The molecule has 1 aromatic heterocycles. The maximum absolute atomic E-state index is 13.7. The van der Waals surface area contributed by atoms with E-state index < -0.39 is 18.1 Å². The van der Waals surface area contributed by atoms with Crippen molar-refractivity contribution in [1.29, 1.82) is 0 Å². The third-order valence-electron chi connectivity index (χ3n) is 9.32. The van der Waals surface area contributed by atoms with E-state index in [4.69, 9.17) is 42.1 Å². The van der Waals surface area contributed by atoms with Crippen LogP contribution in [0.1, 0.15) is 47.2 Å². The van der Waals surface area contributed by atoms with E-state index in [1.165, 1.54) is 26.6 Å². The standard InChI is InChI=1S/C38H39Cl2N3O7/c1-47-32-12-11-27(19-34(32)48-2)33(20-29-30(39)21-43(46)22-31(29)40)49-36(44)18-24-7-6-10-28(17-24)41-37(26-8-4-3-5-9-26)38(45)50-35-23-42-15-13-25(35)14-16-42/h3-12,17,19,21-22,25,33,35,37,41H,13-16,18,20,23H2,1-2H3/t33?,35-,37?/m0/s1. The van der Waals surface area contributed by atoms with Crippen LogP contribution in [0.2, 0.25) is 10.0 Å². The molecule has 2 unspecified atom stereocenters. The zero-order valence-corrected chi connectivity index (χ0v) is 29.4. The molecule has 4 heterocycles. The summed E-state index contributed by atoms with van der Waals surface area (Å²) in [6.07, 6.45) is 3.56. The van der Waals surface area contributed by atoms with Crippen molar-refractivity contribution >= 4 is 40.8 Å². The molecule has 3 saturated heterocycles. The summed E-state index contributed by atoms with van der Waals surface area (Å²) in [5.74, 6) is 0.501. The van der Waals surface area contributed by atoms with Gasteiger partial charge in [0.1, 0.15) is 22.3 Å². The molecule has 262 valence electrons. The van der Waals surface area contributed by atoms with Gasteiger partial charge in [0.2, 0.25) is 0 Å². The third-order valence-corrected chi connectivity index (χ3v) is 9.97. The van der Waals surface area contributed by atoms with Crippen LogP contribution in [0.4, 0.5) is 5.69 Å². The number of carbonyl (C=O) groups is 2. The van der Waals surface area contributed by atoms with Crippen LogP contribution in [0.3, 0.4) is 0 Å². The van der Waals surface area contributed by atoms with E-state index in [1.54, 1.807) is 18.2 Å². The Morgan fingerprint density at radius 3 is 2.30 bits per heavy atom. The van der Waals surface area contributed by atoms with Gasteiger partial charge in [-0.3, -0.25) is 9.69 Å². The van der Waals surface area contributed by atoms with Crippen molar-refractivity contribution in [2.24, 2.45) is 5.92 Å². The predicted octanol–water partition coefficient (Wildman–Crippen LogP) is 6.50. The normalized spacial score (nSPS) is 19.2. The van der Waals surface area contributed by atoms with Crippen LogP contribution in [-0.2, 0) is 31.9 Å². The minimum atomic E-state index is -0.829. The predicted molar refractivity (Wildman–Crippen MR) is 190 cm³/mol. The lowest BCUT2D eigenvalue weighted by atomic mass is 9.86. The van der Waals surface area contributed by atoms with Gasteiger partial charge >= 0.3 is 11.9 Å². The number of nitrogens with zero attached hydrogens (tertiary/aromatic N) is 2. The summed E-state index contributed by atoms with van der Waals surface area (Å²) in [5.41, 5.74) is 3.18. The number of fused-ring (bicyclic) bond motifs is 3. The number of ether oxygens (including phenoxy) is 4. The lowest BCUT2D eigenvalue weighted by Crippen LogP contribution is -2.52. The van der Waals surface area contributed by atoms with Crippen LogP contribution < -0.4 is 19.5 Å². The highest BCUT2D eigenvalue weighted by Gasteiger charge is 2.38. The summed E-state index contributed by atoms with van der Waals surface area (Å²) in [6.45, 7) is 2.87. The maximum Gasteiger partial charge on any atom is 0.333 e. The fourth-order valence-electron chi connectivity index (χ4n) is 6.68. The highest BCUT2D eigenvalue weighted by molar-refractivity contribution is 6.35. The number of aromatic nitrogens is 1. The summed E-state index contributed by atoms with van der Waals surface area (Å²) in [7, 11) is 3.05. The van der Waals surface area contributed by atoms with Gasteiger partial charge in [-0.05, 0) is 72.8 Å². The molecule has 0 spiro atoms. The number of carbonyl (C=O) groups excluding carboxylic acids is 2. The highest BCUT2D eigenvalue weighted by atomic mass is 35.5. The van der Waals surface area contributed by atoms with Gasteiger partial charge in [0.05, 0.1) is 20.6 Å². The first-order valence-corrected chi connectivity index (χ1v) is 17.3. The van der Waals surface area contributed by atoms with Crippen molar-refractivity contribution in [2.45, 2.75) is 43.9 Å². The van der Waals surface area contributed by atoms with E-state index in [0.717, 1.165) is 38.0 Å². The molecule has 12 heteroatoms. The van der Waals surface area contributed by atoms with Gasteiger partial charge in [-0.25, -0.2) is 4.79 Å². The van der Waals surface area contributed by atoms with Gasteiger partial charge in [-0.1, -0.05) is 71.7 Å². The zero-order valence-electron chi connectivity index (χ0n) is 27.9. The fraction of sp³-hybridized carbons (Fsp3) is 0.342. The van der Waals surface area contributed by atoms with Crippen molar-refractivity contribution in [1.82, 2.24) is 4.90 Å². The average molecular weight is 721 g/mol. The Hall–Kier alpha value is -4.51. The molecule has 3 aliphatic heterocycles. The number of halogens is 2. The monoisotopic (exact) mass is 719 g/mol. The number of hydrogen-bond acceptors (Lipinski definition) is 9. The lowest BCUT2D eigenvalue weighted by molar-refractivity contribution is -0.605. The van der Waals surface area contributed by atoms with Gasteiger partial charge < -0.3 is 29.5 Å². The number of pyridine rings is 1. The number of esters is 2. The molecule has 3 aromatic carbocycles. The number of piperidine rings is 3. The van der Waals surface area contributed by atoms with Crippen molar-refractivity contribution in [3.8, 4) is 11.5 Å². The Morgan fingerprint density at radius 1 is 0.920 bits per heavy atom. The molecule has 0 radical (unpaired) electrons. The Morgan fingerprint density at radius 2 is 1.64 bits per heavy atom. The summed E-state index contributed by atoms with van der Waals surface area (Å²) >= 11 is 12.8. The minimum absolute atomic E-state index is 0.0594. The first kappa shape index (κ1) is 35.3. The van der Waals surface area contributed by atoms with E-state index >= 15 is 0 Å². The second kappa shape index (κ2) is 16.0. The van der Waals surface area contributed by atoms with E-state index in [2.05, 4.69) is 10.2 Å². The summed E-state index contributed by atoms with van der Waals surface area (Å²) < 4.78 is 23.6. The first-order valence-electron chi connectivity index (χ1n) is 16.5. The highest BCUT2D eigenvalue weighted by Crippen LogP contribution is 2.36. The van der Waals surface area contributed by atoms with E-state index in [9.17, 15) is 14.8 Å². The van der Waals surface area contributed by atoms with E-state index in [-0.39, 0.29) is 35.0 Å². The summed E-state index contributed by atoms with van der Waals surface area (Å²) in [6, 6.07) is 21.2. The van der Waals surface area contributed by atoms with Gasteiger partial charge in [0.25, 0.3) is 0 Å². The molecule has 1 N–H and O–H groups in total. The van der Waals surface area contributed by atoms with Gasteiger partial charge in [0.15, 0.2) is 29.9 Å². The third kappa shape index (κ3) is 8.43. The maximum atomic E-state index is 13.7. The molecule has 10 nitrogen and oxygen atoms in total. The number of benzene rings is 3. The molecule has 2 bridgehead atoms. The van der Waals surface area contributed by atoms with Crippen LogP contribution in [-0.4, -0.2) is 56.8 Å². The molecular weight excluding hydrogens is 681 g/mol. The Bertz CT molecular complexity index is 1790. The van der Waals surface area contributed by atoms with Gasteiger partial charge in [-0.15, -0.1) is 0 Å². The molecular formula is C38H39Cl2N3O7. The van der Waals surface area contributed by atoms with Crippen LogP contribution in [0.5, 0.6) is 11.5 Å². The van der Waals surface area contributed by atoms with Crippen LogP contribution in [0.15, 0.2) is 85.2 Å². The number of rotatable bonds is 13. The SMILES string of the molecule is COc1ccc(C(Cc2c(Cl)c[n+]([O-])cc2Cl)OC(=O)Cc2cccc(NC(C(=O)O[C@H]3CN4CCC3CC4)c3ccccc3)c2)cc1OC.